The number of hydrogen-bond donors (Lipinski definition) is 2. The van der Waals surface area contributed by atoms with Crippen LogP contribution >= 0.6 is 0 Å². The van der Waals surface area contributed by atoms with Crippen LogP contribution in [0.15, 0.2) is 54.6 Å². The number of ether oxygens (including phenoxy) is 2. The predicted molar refractivity (Wildman–Crippen MR) is 129 cm³/mol. The summed E-state index contributed by atoms with van der Waals surface area (Å²) in [5.41, 5.74) is 2.07. The van der Waals surface area contributed by atoms with Gasteiger partial charge in [0.25, 0.3) is 0 Å². The quantitative estimate of drug-likeness (QED) is 0.343. The van der Waals surface area contributed by atoms with Crippen molar-refractivity contribution in [2.45, 2.75) is 19.3 Å². The number of halogens is 2. The van der Waals surface area contributed by atoms with Crippen LogP contribution < -0.4 is 4.74 Å². The summed E-state index contributed by atoms with van der Waals surface area (Å²) in [7, 11) is 2.94. The molecule has 0 fully saturated rings. The fourth-order valence-electron chi connectivity index (χ4n) is 4.55. The Bertz CT molecular complexity index is 1440. The highest BCUT2D eigenvalue weighted by Gasteiger charge is 2.32. The molecule has 6 nitrogen and oxygen atoms in total. The first-order valence-corrected chi connectivity index (χ1v) is 10.8. The van der Waals surface area contributed by atoms with Crippen molar-refractivity contribution in [2.24, 2.45) is 0 Å². The van der Waals surface area contributed by atoms with Crippen molar-refractivity contribution >= 4 is 16.9 Å². The smallest absolute Gasteiger partial charge is 0.339 e. The number of rotatable bonds is 7. The number of aromatic carboxylic acids is 1. The number of carboxylic acids is 1. The summed E-state index contributed by atoms with van der Waals surface area (Å²) >= 11 is 0. The summed E-state index contributed by atoms with van der Waals surface area (Å²) in [5.74, 6) is -2.61. The van der Waals surface area contributed by atoms with Crippen LogP contribution in [0, 0.1) is 11.6 Å². The van der Waals surface area contributed by atoms with Crippen molar-refractivity contribution in [3.05, 3.63) is 77.5 Å². The van der Waals surface area contributed by atoms with E-state index in [9.17, 15) is 23.8 Å². The van der Waals surface area contributed by atoms with Gasteiger partial charge in [-0.25, -0.2) is 13.6 Å². The van der Waals surface area contributed by atoms with E-state index in [1.807, 2.05) is 18.4 Å². The van der Waals surface area contributed by atoms with E-state index in [1.165, 1.54) is 43.5 Å². The van der Waals surface area contributed by atoms with E-state index in [0.29, 0.717) is 33.4 Å². The molecule has 0 aliphatic rings. The number of methoxy groups -OCH3 is 2. The van der Waals surface area contributed by atoms with Gasteiger partial charge in [0.05, 0.1) is 19.2 Å². The number of aromatic nitrogens is 1. The number of nitrogens with zero attached hydrogens (tertiary/aromatic N) is 1. The lowest BCUT2D eigenvalue weighted by Gasteiger charge is -2.28. The molecule has 0 bridgehead atoms. The van der Waals surface area contributed by atoms with Gasteiger partial charge in [0, 0.05) is 40.9 Å². The molecular weight excluding hydrogens is 456 g/mol. The molecule has 1 heterocycles. The van der Waals surface area contributed by atoms with Gasteiger partial charge in [0.15, 0.2) is 11.6 Å². The standard InChI is InChI=1S/C27H25F2NO5/c1-27(2,14-34-3)25-24(15-5-8-19(26(32)33)22(31)11-15)18-9-6-16(28)12-21(18)30(25)17-7-10-20(29)23(13-17)35-4/h5-13,31H,14H2,1-4H3,(H,32,33). The maximum atomic E-state index is 14.5. The molecule has 0 spiro atoms. The highest BCUT2D eigenvalue weighted by atomic mass is 19.1. The van der Waals surface area contributed by atoms with Crippen molar-refractivity contribution in [3.63, 3.8) is 0 Å². The number of aromatic hydroxyl groups is 1. The number of phenols is 1. The number of benzene rings is 3. The second kappa shape index (κ2) is 9.03. The van der Waals surface area contributed by atoms with E-state index in [1.54, 1.807) is 25.3 Å². The van der Waals surface area contributed by atoms with Gasteiger partial charge >= 0.3 is 5.97 Å². The monoisotopic (exact) mass is 481 g/mol. The third-order valence-electron chi connectivity index (χ3n) is 5.99. The van der Waals surface area contributed by atoms with Gasteiger partial charge in [0.2, 0.25) is 0 Å². The first kappa shape index (κ1) is 24.2. The van der Waals surface area contributed by atoms with E-state index in [4.69, 9.17) is 9.47 Å². The molecule has 0 aliphatic heterocycles. The number of fused-ring (bicyclic) bond motifs is 1. The van der Waals surface area contributed by atoms with Gasteiger partial charge < -0.3 is 24.3 Å². The van der Waals surface area contributed by atoms with Gasteiger partial charge in [-0.2, -0.15) is 0 Å². The molecule has 182 valence electrons. The normalized spacial score (nSPS) is 11.7. The van der Waals surface area contributed by atoms with E-state index in [0.717, 1.165) is 0 Å². The van der Waals surface area contributed by atoms with Crippen molar-refractivity contribution in [1.29, 1.82) is 0 Å². The van der Waals surface area contributed by atoms with E-state index in [-0.39, 0.29) is 17.9 Å². The van der Waals surface area contributed by atoms with Crippen molar-refractivity contribution in [1.82, 2.24) is 4.57 Å². The van der Waals surface area contributed by atoms with Crippen LogP contribution in [0.2, 0.25) is 0 Å². The molecule has 0 aliphatic carbocycles. The van der Waals surface area contributed by atoms with Crippen LogP contribution in [-0.4, -0.2) is 41.6 Å². The molecule has 35 heavy (non-hydrogen) atoms. The van der Waals surface area contributed by atoms with Crippen LogP contribution in [0.25, 0.3) is 27.7 Å². The molecule has 3 aromatic carbocycles. The van der Waals surface area contributed by atoms with Gasteiger partial charge in [0.1, 0.15) is 17.1 Å². The van der Waals surface area contributed by atoms with Crippen molar-refractivity contribution < 1.29 is 33.3 Å². The minimum absolute atomic E-state index is 0.0289. The SMILES string of the molecule is COCC(C)(C)c1c(-c2ccc(C(=O)O)c(O)c2)c2ccc(F)cc2n1-c1ccc(F)c(OC)c1. The fraction of sp³-hybridized carbons (Fsp3) is 0.222. The highest BCUT2D eigenvalue weighted by Crippen LogP contribution is 2.44. The summed E-state index contributed by atoms with van der Waals surface area (Å²) in [5, 5.41) is 20.4. The molecule has 0 unspecified atom stereocenters. The predicted octanol–water partition coefficient (Wildman–Crippen LogP) is 5.91. The van der Waals surface area contributed by atoms with Crippen LogP contribution in [-0.2, 0) is 10.2 Å². The topological polar surface area (TPSA) is 80.9 Å². The van der Waals surface area contributed by atoms with Gasteiger partial charge in [-0.3, -0.25) is 0 Å². The summed E-state index contributed by atoms with van der Waals surface area (Å²) in [4.78, 5) is 11.4. The molecule has 0 saturated heterocycles. The Kier molecular flexibility index (Phi) is 6.25. The second-order valence-electron chi connectivity index (χ2n) is 8.89. The summed E-state index contributed by atoms with van der Waals surface area (Å²) in [6.07, 6.45) is 0. The summed E-state index contributed by atoms with van der Waals surface area (Å²) in [6, 6.07) is 13.0. The number of carboxylic acid groups (broad SMARTS) is 1. The van der Waals surface area contributed by atoms with Crippen LogP contribution in [0.1, 0.15) is 29.9 Å². The van der Waals surface area contributed by atoms with E-state index < -0.39 is 28.8 Å². The lowest BCUT2D eigenvalue weighted by atomic mass is 9.84. The zero-order chi connectivity index (χ0) is 25.5. The summed E-state index contributed by atoms with van der Waals surface area (Å²) < 4.78 is 41.3. The third-order valence-corrected chi connectivity index (χ3v) is 5.99. The maximum Gasteiger partial charge on any atom is 0.339 e. The van der Waals surface area contributed by atoms with E-state index >= 15 is 0 Å². The fourth-order valence-corrected chi connectivity index (χ4v) is 4.55. The van der Waals surface area contributed by atoms with Crippen LogP contribution in [0.4, 0.5) is 8.78 Å². The Morgan fingerprint density at radius 2 is 1.77 bits per heavy atom. The van der Waals surface area contributed by atoms with Crippen LogP contribution in [0.3, 0.4) is 0 Å². The Morgan fingerprint density at radius 1 is 1.03 bits per heavy atom. The molecule has 4 aromatic rings. The molecule has 0 radical (unpaired) electrons. The van der Waals surface area contributed by atoms with Crippen LogP contribution in [0.5, 0.6) is 11.5 Å². The molecule has 0 saturated carbocycles. The highest BCUT2D eigenvalue weighted by molar-refractivity contribution is 6.01. The molecule has 2 N–H and O–H groups in total. The first-order valence-electron chi connectivity index (χ1n) is 10.8. The second-order valence-corrected chi connectivity index (χ2v) is 8.89. The van der Waals surface area contributed by atoms with E-state index in [2.05, 4.69) is 0 Å². The van der Waals surface area contributed by atoms with Crippen molar-refractivity contribution in [3.8, 4) is 28.3 Å². The molecule has 1 aromatic heterocycles. The van der Waals surface area contributed by atoms with Gasteiger partial charge in [-0.05, 0) is 48.0 Å². The molecule has 4 rings (SSSR count). The molecular formula is C27H25F2NO5. The largest absolute Gasteiger partial charge is 0.507 e. The number of hydrogen-bond acceptors (Lipinski definition) is 4. The maximum absolute atomic E-state index is 14.5. The zero-order valence-electron chi connectivity index (χ0n) is 19.7. The first-order chi connectivity index (χ1) is 16.6. The molecule has 0 amide bonds. The Hall–Kier alpha value is -3.91. The van der Waals surface area contributed by atoms with Gasteiger partial charge in [-0.15, -0.1) is 0 Å². The Labute approximate surface area is 201 Å². The lowest BCUT2D eigenvalue weighted by Crippen LogP contribution is -2.27. The Balaban J connectivity index is 2.17. The third kappa shape index (κ3) is 4.21. The minimum Gasteiger partial charge on any atom is -0.507 e. The molecule has 0 atom stereocenters. The van der Waals surface area contributed by atoms with Crippen molar-refractivity contribution in [2.75, 3.05) is 20.8 Å². The zero-order valence-corrected chi connectivity index (χ0v) is 19.7. The van der Waals surface area contributed by atoms with Gasteiger partial charge in [-0.1, -0.05) is 19.9 Å². The number of carbonyl (C=O) groups is 1. The Morgan fingerprint density at radius 3 is 2.40 bits per heavy atom. The average molecular weight is 481 g/mol. The summed E-state index contributed by atoms with van der Waals surface area (Å²) in [6.45, 7) is 4.19. The minimum atomic E-state index is -1.25. The lowest BCUT2D eigenvalue weighted by molar-refractivity contribution is 0.0693. The molecule has 8 heteroatoms. The average Bonchev–Trinajstić information content (AvgIpc) is 3.14.